The Bertz CT molecular complexity index is 569. The number of rotatable bonds is 7. The van der Waals surface area contributed by atoms with Crippen LogP contribution in [0.15, 0.2) is 24.3 Å². The first-order valence-electron chi connectivity index (χ1n) is 8.29. The van der Waals surface area contributed by atoms with Crippen LogP contribution in [0, 0.1) is 0 Å². The number of halogens is 1. The number of benzene rings is 1. The molecule has 0 spiro atoms. The number of hydrogen-bond acceptors (Lipinski definition) is 4. The Balaban J connectivity index is 2.45. The van der Waals surface area contributed by atoms with Gasteiger partial charge < -0.3 is 20.1 Å². The molecular formula is C18H27ClN2O4. The van der Waals surface area contributed by atoms with Crippen LogP contribution in [0.4, 0.5) is 4.79 Å². The highest BCUT2D eigenvalue weighted by Crippen LogP contribution is 2.15. The van der Waals surface area contributed by atoms with Crippen molar-refractivity contribution in [3.63, 3.8) is 0 Å². The number of hydrogen-bond donors (Lipinski definition) is 2. The largest absolute Gasteiger partial charge is 0.491 e. The van der Waals surface area contributed by atoms with Gasteiger partial charge >= 0.3 is 6.09 Å². The van der Waals surface area contributed by atoms with E-state index in [2.05, 4.69) is 10.6 Å². The van der Waals surface area contributed by atoms with Crippen LogP contribution in [0.2, 0.25) is 5.02 Å². The average Bonchev–Trinajstić information content (AvgIpc) is 2.50. The van der Waals surface area contributed by atoms with Gasteiger partial charge in [0.2, 0.25) is 5.91 Å². The summed E-state index contributed by atoms with van der Waals surface area (Å²) in [5, 5.41) is 6.03. The summed E-state index contributed by atoms with van der Waals surface area (Å²) >= 11 is 5.82. The maximum Gasteiger partial charge on any atom is 0.408 e. The second kappa shape index (κ2) is 9.51. The summed E-state index contributed by atoms with van der Waals surface area (Å²) < 4.78 is 10.8. The second-order valence-corrected chi connectivity index (χ2v) is 7.22. The molecule has 0 radical (unpaired) electrons. The third-order valence-electron chi connectivity index (χ3n) is 3.12. The van der Waals surface area contributed by atoms with Gasteiger partial charge in [0.15, 0.2) is 0 Å². The number of ether oxygens (including phenoxy) is 2. The molecule has 1 unspecified atom stereocenters. The SMILES string of the molecule is CC[C@H](NC(=O)OC(C)(C)C)C(=O)NC(C)COc1ccc(Cl)cc1. The molecule has 25 heavy (non-hydrogen) atoms. The van der Waals surface area contributed by atoms with Crippen molar-refractivity contribution in [3.8, 4) is 5.75 Å². The lowest BCUT2D eigenvalue weighted by atomic mass is 10.2. The van der Waals surface area contributed by atoms with Gasteiger partial charge in [0.05, 0.1) is 6.04 Å². The van der Waals surface area contributed by atoms with Gasteiger partial charge in [-0.3, -0.25) is 4.79 Å². The third-order valence-corrected chi connectivity index (χ3v) is 3.37. The zero-order valence-corrected chi connectivity index (χ0v) is 16.1. The van der Waals surface area contributed by atoms with Crippen LogP contribution in [0.3, 0.4) is 0 Å². The first-order valence-corrected chi connectivity index (χ1v) is 8.66. The summed E-state index contributed by atoms with van der Waals surface area (Å²) in [6, 6.07) is 6.10. The van der Waals surface area contributed by atoms with E-state index in [0.717, 1.165) is 0 Å². The standard InChI is InChI=1S/C18H27ClN2O4/c1-6-15(21-17(23)25-18(3,4)5)16(22)20-12(2)11-24-14-9-7-13(19)8-10-14/h7-10,12,15H,6,11H2,1-5H3,(H,20,22)(H,21,23)/t12?,15-/m0/s1. The van der Waals surface area contributed by atoms with Gasteiger partial charge in [0.1, 0.15) is 24.0 Å². The van der Waals surface area contributed by atoms with Crippen LogP contribution in [-0.4, -0.2) is 36.3 Å². The molecule has 0 aliphatic carbocycles. The number of carbonyl (C=O) groups excluding carboxylic acids is 2. The zero-order valence-electron chi connectivity index (χ0n) is 15.4. The molecule has 2 N–H and O–H groups in total. The van der Waals surface area contributed by atoms with Crippen LogP contribution >= 0.6 is 11.6 Å². The molecule has 140 valence electrons. The predicted molar refractivity (Wildman–Crippen MR) is 98.0 cm³/mol. The molecule has 2 atom stereocenters. The van der Waals surface area contributed by atoms with Crippen LogP contribution in [0.1, 0.15) is 41.0 Å². The minimum Gasteiger partial charge on any atom is -0.491 e. The van der Waals surface area contributed by atoms with Crippen molar-refractivity contribution in [2.75, 3.05) is 6.61 Å². The quantitative estimate of drug-likeness (QED) is 0.769. The lowest BCUT2D eigenvalue weighted by molar-refractivity contribution is -0.124. The van der Waals surface area contributed by atoms with Crippen molar-refractivity contribution in [3.05, 3.63) is 29.3 Å². The van der Waals surface area contributed by atoms with E-state index in [1.54, 1.807) is 45.0 Å². The molecule has 0 fully saturated rings. The van der Waals surface area contributed by atoms with E-state index in [-0.39, 0.29) is 11.9 Å². The molecule has 0 aliphatic rings. The van der Waals surface area contributed by atoms with Crippen LogP contribution in [0.5, 0.6) is 5.75 Å². The Labute approximate surface area is 154 Å². The summed E-state index contributed by atoms with van der Waals surface area (Å²) in [5.41, 5.74) is -0.613. The minimum absolute atomic E-state index is 0.224. The summed E-state index contributed by atoms with van der Waals surface area (Å²) in [6.07, 6.45) is -0.157. The molecule has 1 aromatic rings. The Morgan fingerprint density at radius 1 is 1.16 bits per heavy atom. The predicted octanol–water partition coefficient (Wildman–Crippen LogP) is 3.53. The molecule has 0 bridgehead atoms. The molecule has 1 aromatic carbocycles. The summed E-state index contributed by atoms with van der Waals surface area (Å²) in [4.78, 5) is 24.1. The van der Waals surface area contributed by atoms with Crippen molar-refractivity contribution in [1.82, 2.24) is 10.6 Å². The topological polar surface area (TPSA) is 76.7 Å². The van der Waals surface area contributed by atoms with Crippen molar-refractivity contribution >= 4 is 23.6 Å². The van der Waals surface area contributed by atoms with Gasteiger partial charge in [0.25, 0.3) is 0 Å². The van der Waals surface area contributed by atoms with Crippen molar-refractivity contribution in [1.29, 1.82) is 0 Å². The first kappa shape index (κ1) is 21.1. The molecule has 2 amide bonds. The van der Waals surface area contributed by atoms with Crippen molar-refractivity contribution < 1.29 is 19.1 Å². The zero-order chi connectivity index (χ0) is 19.0. The van der Waals surface area contributed by atoms with Crippen molar-refractivity contribution in [2.45, 2.75) is 58.7 Å². The van der Waals surface area contributed by atoms with Crippen molar-refractivity contribution in [2.24, 2.45) is 0 Å². The molecule has 1 rings (SSSR count). The number of amides is 2. The summed E-state index contributed by atoms with van der Waals surface area (Å²) in [7, 11) is 0. The Kier molecular flexibility index (Phi) is 8.03. The Morgan fingerprint density at radius 3 is 2.28 bits per heavy atom. The second-order valence-electron chi connectivity index (χ2n) is 6.78. The minimum atomic E-state index is -0.659. The van der Waals surface area contributed by atoms with Crippen LogP contribution in [0.25, 0.3) is 0 Å². The summed E-state index contributed by atoms with van der Waals surface area (Å²) in [5.74, 6) is 0.394. The number of alkyl carbamates (subject to hydrolysis) is 1. The molecule has 6 nitrogen and oxygen atoms in total. The normalized spacial score (nSPS) is 13.5. The van der Waals surface area contributed by atoms with Crippen LogP contribution < -0.4 is 15.4 Å². The van der Waals surface area contributed by atoms with Gasteiger partial charge in [-0.05, 0) is 58.4 Å². The maximum atomic E-state index is 12.3. The fourth-order valence-electron chi connectivity index (χ4n) is 1.94. The third kappa shape index (κ3) is 8.63. The van der Waals surface area contributed by atoms with Gasteiger partial charge in [-0.1, -0.05) is 18.5 Å². The maximum absolute atomic E-state index is 12.3. The van der Waals surface area contributed by atoms with E-state index in [9.17, 15) is 9.59 Å². The van der Waals surface area contributed by atoms with Gasteiger partial charge in [0, 0.05) is 5.02 Å². The van der Waals surface area contributed by atoms with Gasteiger partial charge in [-0.2, -0.15) is 0 Å². The van der Waals surface area contributed by atoms with E-state index in [4.69, 9.17) is 21.1 Å². The number of carbonyl (C=O) groups is 2. The van der Waals surface area contributed by atoms with E-state index < -0.39 is 17.7 Å². The highest BCUT2D eigenvalue weighted by atomic mass is 35.5. The Hall–Kier alpha value is -1.95. The monoisotopic (exact) mass is 370 g/mol. The molecule has 0 aromatic heterocycles. The van der Waals surface area contributed by atoms with E-state index in [1.807, 2.05) is 13.8 Å². The fraction of sp³-hybridized carbons (Fsp3) is 0.556. The van der Waals surface area contributed by atoms with E-state index in [1.165, 1.54) is 0 Å². The van der Waals surface area contributed by atoms with E-state index in [0.29, 0.717) is 23.8 Å². The molecule has 7 heteroatoms. The first-order chi connectivity index (χ1) is 11.6. The lowest BCUT2D eigenvalue weighted by Crippen LogP contribution is -2.50. The molecule has 0 aliphatic heterocycles. The lowest BCUT2D eigenvalue weighted by Gasteiger charge is -2.24. The van der Waals surface area contributed by atoms with Gasteiger partial charge in [-0.25, -0.2) is 4.79 Å². The highest BCUT2D eigenvalue weighted by Gasteiger charge is 2.23. The number of nitrogens with one attached hydrogen (secondary N) is 2. The fourth-order valence-corrected chi connectivity index (χ4v) is 2.07. The Morgan fingerprint density at radius 2 is 1.76 bits per heavy atom. The molecular weight excluding hydrogens is 344 g/mol. The molecule has 0 heterocycles. The highest BCUT2D eigenvalue weighted by molar-refractivity contribution is 6.30. The summed E-state index contributed by atoms with van der Waals surface area (Å²) in [6.45, 7) is 9.25. The van der Waals surface area contributed by atoms with Gasteiger partial charge in [-0.15, -0.1) is 0 Å². The van der Waals surface area contributed by atoms with Crippen LogP contribution in [-0.2, 0) is 9.53 Å². The van der Waals surface area contributed by atoms with E-state index >= 15 is 0 Å². The smallest absolute Gasteiger partial charge is 0.408 e. The molecule has 0 saturated carbocycles. The molecule has 0 saturated heterocycles. The average molecular weight is 371 g/mol.